The van der Waals surface area contributed by atoms with Gasteiger partial charge in [-0.2, -0.15) is 0 Å². The molecule has 0 aliphatic carbocycles. The number of hydrogen-bond donors (Lipinski definition) is 0. The first-order chi connectivity index (χ1) is 15.3. The molecule has 0 rings (SSSR count). The van der Waals surface area contributed by atoms with Crippen LogP contribution in [0.15, 0.2) is 0 Å². The number of rotatable bonds is 21. The topological polar surface area (TPSA) is 52.6 Å². The molecule has 0 radical (unpaired) electrons. The van der Waals surface area contributed by atoms with E-state index in [9.17, 15) is 9.59 Å². The Hall–Kier alpha value is -1.06. The maximum Gasteiger partial charge on any atom is 0.306 e. The molecular weight excluding hydrogens is 400 g/mol. The van der Waals surface area contributed by atoms with Crippen molar-refractivity contribution in [3.63, 3.8) is 0 Å². The van der Waals surface area contributed by atoms with Gasteiger partial charge in [-0.15, -0.1) is 0 Å². The lowest BCUT2D eigenvalue weighted by atomic mass is 9.88. The fraction of sp³-hybridized carbons (Fsp3) is 0.929. The van der Waals surface area contributed by atoms with Crippen molar-refractivity contribution in [3.8, 4) is 0 Å². The van der Waals surface area contributed by atoms with Crippen molar-refractivity contribution < 1.29 is 19.1 Å². The number of carbonyl (C=O) groups is 2. The van der Waals surface area contributed by atoms with E-state index in [1.807, 2.05) is 0 Å². The number of unbranched alkanes of at least 4 members (excludes halogenated alkanes) is 12. The van der Waals surface area contributed by atoms with Crippen LogP contribution in [-0.4, -0.2) is 24.6 Å². The van der Waals surface area contributed by atoms with Gasteiger partial charge in [0.05, 0.1) is 6.61 Å². The quantitative estimate of drug-likeness (QED) is 0.129. The Labute approximate surface area is 199 Å². The molecule has 0 heterocycles. The number of hydrogen-bond acceptors (Lipinski definition) is 4. The van der Waals surface area contributed by atoms with Crippen molar-refractivity contribution in [3.05, 3.63) is 0 Å². The Bertz CT molecular complexity index is 453. The molecule has 0 aliphatic rings. The Kier molecular flexibility index (Phi) is 19.9. The molecule has 0 saturated carbocycles. The Morgan fingerprint density at radius 1 is 0.656 bits per heavy atom. The second kappa shape index (κ2) is 20.5. The fourth-order valence-corrected chi connectivity index (χ4v) is 3.96. The van der Waals surface area contributed by atoms with Crippen molar-refractivity contribution in [2.75, 3.05) is 6.61 Å². The molecule has 0 N–H and O–H groups in total. The van der Waals surface area contributed by atoms with Gasteiger partial charge < -0.3 is 9.47 Å². The summed E-state index contributed by atoms with van der Waals surface area (Å²) < 4.78 is 11.2. The van der Waals surface area contributed by atoms with E-state index in [0.717, 1.165) is 32.1 Å². The van der Waals surface area contributed by atoms with Crippen LogP contribution in [0, 0.1) is 5.41 Å². The molecule has 32 heavy (non-hydrogen) atoms. The highest BCUT2D eigenvalue weighted by atomic mass is 16.6. The Morgan fingerprint density at radius 3 is 1.56 bits per heavy atom. The molecular formula is C28H54O4. The van der Waals surface area contributed by atoms with Crippen LogP contribution in [-0.2, 0) is 19.1 Å². The highest BCUT2D eigenvalue weighted by Crippen LogP contribution is 2.24. The first-order valence-electron chi connectivity index (χ1n) is 13.6. The molecule has 0 amide bonds. The molecule has 4 heteroatoms. The van der Waals surface area contributed by atoms with E-state index in [1.54, 1.807) is 0 Å². The van der Waals surface area contributed by atoms with Crippen LogP contribution in [0.5, 0.6) is 0 Å². The summed E-state index contributed by atoms with van der Waals surface area (Å²) in [6.07, 6.45) is 18.8. The zero-order valence-electron chi connectivity index (χ0n) is 22.1. The predicted molar refractivity (Wildman–Crippen MR) is 135 cm³/mol. The van der Waals surface area contributed by atoms with Crippen LogP contribution in [0.1, 0.15) is 150 Å². The zero-order valence-corrected chi connectivity index (χ0v) is 22.1. The summed E-state index contributed by atoms with van der Waals surface area (Å²) >= 11 is 0. The van der Waals surface area contributed by atoms with Gasteiger partial charge in [-0.3, -0.25) is 9.59 Å². The van der Waals surface area contributed by atoms with Gasteiger partial charge in [0.2, 0.25) is 0 Å². The molecule has 190 valence electrons. The van der Waals surface area contributed by atoms with E-state index in [2.05, 4.69) is 34.6 Å². The second-order valence-corrected chi connectivity index (χ2v) is 10.6. The molecule has 0 spiro atoms. The van der Waals surface area contributed by atoms with E-state index < -0.39 is 0 Å². The minimum atomic E-state index is -0.182. The van der Waals surface area contributed by atoms with Gasteiger partial charge in [-0.05, 0) is 24.7 Å². The van der Waals surface area contributed by atoms with Crippen molar-refractivity contribution in [1.82, 2.24) is 0 Å². The monoisotopic (exact) mass is 454 g/mol. The van der Waals surface area contributed by atoms with Crippen LogP contribution in [0.3, 0.4) is 0 Å². The highest BCUT2D eigenvalue weighted by molar-refractivity contribution is 5.69. The van der Waals surface area contributed by atoms with Crippen LogP contribution >= 0.6 is 0 Å². The van der Waals surface area contributed by atoms with E-state index in [-0.39, 0.29) is 23.5 Å². The Morgan fingerprint density at radius 2 is 1.09 bits per heavy atom. The minimum absolute atomic E-state index is 0.0615. The number of carbonyl (C=O) groups excluding carboxylic acids is 2. The van der Waals surface area contributed by atoms with Crippen LogP contribution in [0.2, 0.25) is 0 Å². The molecule has 0 bridgehead atoms. The lowest BCUT2D eigenvalue weighted by Crippen LogP contribution is -2.26. The predicted octanol–water partition coefficient (Wildman–Crippen LogP) is 8.55. The van der Waals surface area contributed by atoms with Crippen molar-refractivity contribution in [1.29, 1.82) is 0 Å². The maximum absolute atomic E-state index is 12.3. The molecule has 1 unspecified atom stereocenters. The molecule has 1 atom stereocenters. The first kappa shape index (κ1) is 30.9. The molecule has 0 saturated heterocycles. The number of esters is 2. The first-order valence-corrected chi connectivity index (χ1v) is 13.6. The summed E-state index contributed by atoms with van der Waals surface area (Å²) in [6, 6.07) is 0. The summed E-state index contributed by atoms with van der Waals surface area (Å²) in [7, 11) is 0. The molecule has 0 fully saturated rings. The fourth-order valence-electron chi connectivity index (χ4n) is 3.96. The molecule has 0 aromatic rings. The summed E-state index contributed by atoms with van der Waals surface area (Å²) in [5.41, 5.74) is 0.0615. The smallest absolute Gasteiger partial charge is 0.306 e. The van der Waals surface area contributed by atoms with Crippen molar-refractivity contribution in [2.45, 2.75) is 156 Å². The van der Waals surface area contributed by atoms with Crippen LogP contribution in [0.4, 0.5) is 0 Å². The Balaban J connectivity index is 4.05. The van der Waals surface area contributed by atoms with Gasteiger partial charge in [-0.1, -0.05) is 112 Å². The molecule has 4 nitrogen and oxygen atoms in total. The summed E-state index contributed by atoms with van der Waals surface area (Å²) in [6.45, 7) is 11.2. The van der Waals surface area contributed by atoms with Gasteiger partial charge in [0, 0.05) is 19.3 Å². The van der Waals surface area contributed by atoms with Crippen LogP contribution in [0.25, 0.3) is 0 Å². The zero-order chi connectivity index (χ0) is 24.1. The summed E-state index contributed by atoms with van der Waals surface area (Å²) in [5.74, 6) is -0.232. The minimum Gasteiger partial charge on any atom is -0.466 e. The van der Waals surface area contributed by atoms with Gasteiger partial charge >= 0.3 is 11.9 Å². The normalized spacial score (nSPS) is 12.5. The van der Waals surface area contributed by atoms with E-state index in [4.69, 9.17) is 9.47 Å². The molecule has 0 aliphatic heterocycles. The third kappa shape index (κ3) is 22.1. The van der Waals surface area contributed by atoms with Gasteiger partial charge in [-0.25, -0.2) is 0 Å². The van der Waals surface area contributed by atoms with E-state index in [1.165, 1.54) is 64.2 Å². The largest absolute Gasteiger partial charge is 0.466 e. The highest BCUT2D eigenvalue weighted by Gasteiger charge is 2.22. The van der Waals surface area contributed by atoms with Gasteiger partial charge in [0.1, 0.15) is 6.10 Å². The number of ether oxygens (including phenoxy) is 2. The van der Waals surface area contributed by atoms with Gasteiger partial charge in [0.15, 0.2) is 0 Å². The average Bonchev–Trinajstić information content (AvgIpc) is 2.71. The third-order valence-electron chi connectivity index (χ3n) is 5.81. The van der Waals surface area contributed by atoms with Crippen LogP contribution < -0.4 is 0 Å². The molecule has 0 aromatic carbocycles. The lowest BCUT2D eigenvalue weighted by Gasteiger charge is -2.26. The van der Waals surface area contributed by atoms with Crippen molar-refractivity contribution in [2.24, 2.45) is 5.41 Å². The maximum atomic E-state index is 12.3. The summed E-state index contributed by atoms with van der Waals surface area (Å²) in [5, 5.41) is 0. The SMILES string of the molecule is CCCCCCCCCC(=O)OCCC(CC(C)(C)C)OC(=O)CCCCCCCCC. The van der Waals surface area contributed by atoms with Crippen molar-refractivity contribution >= 4 is 11.9 Å². The standard InChI is InChI=1S/C28H54O4/c1-6-8-10-12-14-16-18-20-26(29)31-23-22-25(24-28(3,4)5)32-27(30)21-19-17-15-13-11-9-7-2/h25H,6-24H2,1-5H3. The van der Waals surface area contributed by atoms with E-state index in [0.29, 0.717) is 25.9 Å². The van der Waals surface area contributed by atoms with E-state index >= 15 is 0 Å². The molecule has 0 aromatic heterocycles. The lowest BCUT2D eigenvalue weighted by molar-refractivity contribution is -0.152. The second-order valence-electron chi connectivity index (χ2n) is 10.6. The van der Waals surface area contributed by atoms with Gasteiger partial charge in [0.25, 0.3) is 0 Å². The average molecular weight is 455 g/mol. The third-order valence-corrected chi connectivity index (χ3v) is 5.81. The summed E-state index contributed by atoms with van der Waals surface area (Å²) in [4.78, 5) is 24.3.